The molecule has 2 rings (SSSR count). The lowest BCUT2D eigenvalue weighted by atomic mass is 10.2. The van der Waals surface area contributed by atoms with Crippen molar-refractivity contribution in [1.29, 1.82) is 0 Å². The van der Waals surface area contributed by atoms with Crippen molar-refractivity contribution in [1.82, 2.24) is 4.90 Å². The summed E-state index contributed by atoms with van der Waals surface area (Å²) < 4.78 is 5.09. The van der Waals surface area contributed by atoms with Crippen LogP contribution >= 0.6 is 11.3 Å². The number of nitrogens with one attached hydrogen (secondary N) is 1. The lowest BCUT2D eigenvalue weighted by Gasteiger charge is -2.32. The van der Waals surface area contributed by atoms with Crippen LogP contribution in [0.25, 0.3) is 0 Å². The van der Waals surface area contributed by atoms with E-state index < -0.39 is 12.0 Å². The number of ether oxygens (including phenoxy) is 1. The summed E-state index contributed by atoms with van der Waals surface area (Å²) in [5.41, 5.74) is 0. The average Bonchev–Trinajstić information content (AvgIpc) is 2.85. The van der Waals surface area contributed by atoms with E-state index in [9.17, 15) is 14.4 Å². The molecule has 0 aliphatic carbocycles. The summed E-state index contributed by atoms with van der Waals surface area (Å²) in [6.45, 7) is 1.93. The Balaban J connectivity index is 2.14. The topological polar surface area (TPSA) is 95.9 Å². The summed E-state index contributed by atoms with van der Waals surface area (Å²) >= 11 is 1.12. The number of carbonyl (C=O) groups is 3. The van der Waals surface area contributed by atoms with Gasteiger partial charge in [-0.1, -0.05) is 0 Å². The first-order chi connectivity index (χ1) is 9.49. The third-order valence-electron chi connectivity index (χ3n) is 2.79. The normalized spacial score (nSPS) is 18.6. The molecular formula is C12H14N2O5S. The van der Waals surface area contributed by atoms with Gasteiger partial charge < -0.3 is 20.1 Å². The number of morpholine rings is 1. The number of carboxylic acid groups (broad SMARTS) is 1. The molecule has 1 saturated heterocycles. The maximum atomic E-state index is 12.3. The van der Waals surface area contributed by atoms with E-state index in [1.807, 2.05) is 0 Å². The Morgan fingerprint density at radius 3 is 2.85 bits per heavy atom. The van der Waals surface area contributed by atoms with E-state index >= 15 is 0 Å². The summed E-state index contributed by atoms with van der Waals surface area (Å²) in [7, 11) is 0. The zero-order valence-corrected chi connectivity index (χ0v) is 11.6. The van der Waals surface area contributed by atoms with Gasteiger partial charge in [0.15, 0.2) is 6.04 Å². The second kappa shape index (κ2) is 6.02. The smallest absolute Gasteiger partial charge is 0.328 e. The minimum atomic E-state index is -1.09. The van der Waals surface area contributed by atoms with Crippen molar-refractivity contribution in [3.05, 3.63) is 17.0 Å². The van der Waals surface area contributed by atoms with Crippen molar-refractivity contribution < 1.29 is 24.2 Å². The van der Waals surface area contributed by atoms with Gasteiger partial charge in [-0.15, -0.1) is 11.3 Å². The van der Waals surface area contributed by atoms with Gasteiger partial charge in [-0.25, -0.2) is 4.79 Å². The Morgan fingerprint density at radius 1 is 1.45 bits per heavy atom. The number of aliphatic carboxylic acids is 1. The summed E-state index contributed by atoms with van der Waals surface area (Å²) in [6, 6.07) is 2.23. The van der Waals surface area contributed by atoms with Crippen LogP contribution in [0.4, 0.5) is 5.00 Å². The minimum Gasteiger partial charge on any atom is -0.480 e. The SMILES string of the molecule is CC(=O)Nc1ccc(C(=O)N2CCOCC2C(=O)O)s1. The molecule has 0 saturated carbocycles. The summed E-state index contributed by atoms with van der Waals surface area (Å²) in [4.78, 5) is 36.1. The van der Waals surface area contributed by atoms with Gasteiger partial charge in [-0.05, 0) is 12.1 Å². The van der Waals surface area contributed by atoms with Crippen molar-refractivity contribution in [3.8, 4) is 0 Å². The number of thiophene rings is 1. The predicted molar refractivity (Wildman–Crippen MR) is 71.9 cm³/mol. The molecule has 1 aromatic heterocycles. The zero-order valence-electron chi connectivity index (χ0n) is 10.8. The molecule has 1 unspecified atom stereocenters. The monoisotopic (exact) mass is 298 g/mol. The molecule has 1 aliphatic heterocycles. The predicted octanol–water partition coefficient (Wildman–Crippen LogP) is 0.632. The summed E-state index contributed by atoms with van der Waals surface area (Å²) in [6.07, 6.45) is 0. The second-order valence-corrected chi connectivity index (χ2v) is 5.36. The lowest BCUT2D eigenvalue weighted by Crippen LogP contribution is -2.52. The highest BCUT2D eigenvalue weighted by molar-refractivity contribution is 7.18. The second-order valence-electron chi connectivity index (χ2n) is 4.27. The van der Waals surface area contributed by atoms with Gasteiger partial charge in [0.05, 0.1) is 23.1 Å². The van der Waals surface area contributed by atoms with Crippen LogP contribution in [0.2, 0.25) is 0 Å². The summed E-state index contributed by atoms with van der Waals surface area (Å²) in [5.74, 6) is -1.67. The van der Waals surface area contributed by atoms with E-state index in [1.165, 1.54) is 11.8 Å². The third-order valence-corrected chi connectivity index (χ3v) is 3.78. The number of carbonyl (C=O) groups excluding carboxylic acids is 2. The molecule has 2 heterocycles. The van der Waals surface area contributed by atoms with Crippen molar-refractivity contribution in [2.45, 2.75) is 13.0 Å². The van der Waals surface area contributed by atoms with Gasteiger partial charge in [0.2, 0.25) is 5.91 Å². The molecule has 1 aromatic rings. The van der Waals surface area contributed by atoms with Gasteiger partial charge >= 0.3 is 5.97 Å². The molecule has 1 aliphatic rings. The average molecular weight is 298 g/mol. The molecule has 7 nitrogen and oxygen atoms in total. The van der Waals surface area contributed by atoms with E-state index in [2.05, 4.69) is 5.32 Å². The van der Waals surface area contributed by atoms with Crippen molar-refractivity contribution >= 4 is 34.1 Å². The van der Waals surface area contributed by atoms with Crippen LogP contribution in [0, 0.1) is 0 Å². The van der Waals surface area contributed by atoms with E-state index in [1.54, 1.807) is 12.1 Å². The third kappa shape index (κ3) is 3.14. The fourth-order valence-corrected chi connectivity index (χ4v) is 2.79. The van der Waals surface area contributed by atoms with Crippen molar-refractivity contribution in [2.75, 3.05) is 25.1 Å². The Bertz CT molecular complexity index is 542. The largest absolute Gasteiger partial charge is 0.480 e. The van der Waals surface area contributed by atoms with Crippen LogP contribution in [0.1, 0.15) is 16.6 Å². The highest BCUT2D eigenvalue weighted by Crippen LogP contribution is 2.24. The standard InChI is InChI=1S/C12H14N2O5S/c1-7(15)13-10-3-2-9(20-10)11(16)14-4-5-19-6-8(14)12(17)18/h2-3,8H,4-6H2,1H3,(H,13,15)(H,17,18). The molecule has 0 aromatic carbocycles. The molecule has 2 N–H and O–H groups in total. The first-order valence-electron chi connectivity index (χ1n) is 5.98. The molecule has 1 fully saturated rings. The Kier molecular flexibility index (Phi) is 4.35. The molecule has 108 valence electrons. The number of carboxylic acids is 1. The molecule has 1 atom stereocenters. The van der Waals surface area contributed by atoms with Gasteiger partial charge in [-0.2, -0.15) is 0 Å². The molecule has 0 radical (unpaired) electrons. The molecule has 8 heteroatoms. The van der Waals surface area contributed by atoms with E-state index in [0.717, 1.165) is 11.3 Å². The number of hydrogen-bond acceptors (Lipinski definition) is 5. The Hall–Kier alpha value is -1.93. The fraction of sp³-hybridized carbons (Fsp3) is 0.417. The number of anilines is 1. The van der Waals surface area contributed by atoms with Crippen LogP contribution in [-0.2, 0) is 14.3 Å². The molecule has 2 amide bonds. The fourth-order valence-electron chi connectivity index (χ4n) is 1.89. The number of nitrogens with zero attached hydrogens (tertiary/aromatic N) is 1. The first kappa shape index (κ1) is 14.5. The maximum absolute atomic E-state index is 12.3. The van der Waals surface area contributed by atoms with Crippen LogP contribution in [-0.4, -0.2) is 53.6 Å². The molecule has 0 spiro atoms. The van der Waals surface area contributed by atoms with Crippen LogP contribution < -0.4 is 5.32 Å². The van der Waals surface area contributed by atoms with Gasteiger partial charge in [-0.3, -0.25) is 9.59 Å². The van der Waals surface area contributed by atoms with Gasteiger partial charge in [0.1, 0.15) is 0 Å². The van der Waals surface area contributed by atoms with Gasteiger partial charge in [0, 0.05) is 13.5 Å². The minimum absolute atomic E-state index is 0.00893. The molecule has 20 heavy (non-hydrogen) atoms. The van der Waals surface area contributed by atoms with Crippen molar-refractivity contribution in [3.63, 3.8) is 0 Å². The number of rotatable bonds is 3. The van der Waals surface area contributed by atoms with Crippen LogP contribution in [0.3, 0.4) is 0 Å². The molecule has 0 bridgehead atoms. The van der Waals surface area contributed by atoms with E-state index in [-0.39, 0.29) is 25.0 Å². The quantitative estimate of drug-likeness (QED) is 0.853. The molecular weight excluding hydrogens is 284 g/mol. The summed E-state index contributed by atoms with van der Waals surface area (Å²) in [5, 5.41) is 12.2. The first-order valence-corrected chi connectivity index (χ1v) is 6.79. The van der Waals surface area contributed by atoms with Crippen LogP contribution in [0.5, 0.6) is 0 Å². The van der Waals surface area contributed by atoms with Gasteiger partial charge in [0.25, 0.3) is 5.91 Å². The van der Waals surface area contributed by atoms with Crippen LogP contribution in [0.15, 0.2) is 12.1 Å². The van der Waals surface area contributed by atoms with E-state index in [0.29, 0.717) is 16.5 Å². The number of hydrogen-bond donors (Lipinski definition) is 2. The maximum Gasteiger partial charge on any atom is 0.328 e. The van der Waals surface area contributed by atoms with E-state index in [4.69, 9.17) is 9.84 Å². The Morgan fingerprint density at radius 2 is 2.20 bits per heavy atom. The number of amides is 2. The Labute approximate surface area is 119 Å². The lowest BCUT2D eigenvalue weighted by molar-refractivity contribution is -0.147. The van der Waals surface area contributed by atoms with Crippen molar-refractivity contribution in [2.24, 2.45) is 0 Å². The zero-order chi connectivity index (χ0) is 14.7. The highest BCUT2D eigenvalue weighted by atomic mass is 32.1. The highest BCUT2D eigenvalue weighted by Gasteiger charge is 2.33.